The van der Waals surface area contributed by atoms with Crippen LogP contribution in [0.3, 0.4) is 0 Å². The van der Waals surface area contributed by atoms with E-state index >= 15 is 0 Å². The number of carbonyl (C=O) groups excluding carboxylic acids is 2. The number of rotatable bonds is 6. The Kier molecular flexibility index (Phi) is 4.70. The van der Waals surface area contributed by atoms with Gasteiger partial charge in [-0.1, -0.05) is 11.8 Å². The number of hydrogen-bond donors (Lipinski definition) is 1. The van der Waals surface area contributed by atoms with Gasteiger partial charge in [0.1, 0.15) is 0 Å². The fourth-order valence-electron chi connectivity index (χ4n) is 2.33. The van der Waals surface area contributed by atoms with Crippen molar-refractivity contribution in [3.63, 3.8) is 0 Å². The quantitative estimate of drug-likeness (QED) is 0.767. The van der Waals surface area contributed by atoms with E-state index in [2.05, 4.69) is 20.5 Å². The van der Waals surface area contributed by atoms with E-state index in [0.29, 0.717) is 17.0 Å². The lowest BCUT2D eigenvalue weighted by Gasteiger charge is -2.16. The fraction of sp³-hybridized carbons (Fsp3) is 0.533. The monoisotopic (exact) mass is 348 g/mol. The lowest BCUT2D eigenvalue weighted by Crippen LogP contribution is -2.39. The zero-order chi connectivity index (χ0) is 17.3. The van der Waals surface area contributed by atoms with Crippen molar-refractivity contribution in [1.82, 2.24) is 29.8 Å². The van der Waals surface area contributed by atoms with E-state index in [4.69, 9.17) is 0 Å². The second kappa shape index (κ2) is 6.76. The third-order valence-electron chi connectivity index (χ3n) is 3.74. The summed E-state index contributed by atoms with van der Waals surface area (Å²) in [5.41, 5.74) is 1.84. The van der Waals surface area contributed by atoms with E-state index in [1.165, 1.54) is 16.7 Å². The van der Waals surface area contributed by atoms with Gasteiger partial charge in [0.25, 0.3) is 5.78 Å². The van der Waals surface area contributed by atoms with Crippen LogP contribution >= 0.6 is 11.8 Å². The number of aryl methyl sites for hydroxylation is 2. The number of fused-ring (bicyclic) bond motifs is 1. The number of nitrogens with one attached hydrogen (secondary N) is 1. The molecule has 1 aliphatic rings. The third-order valence-corrected chi connectivity index (χ3v) is 4.65. The largest absolute Gasteiger partial charge is 0.352 e. The minimum Gasteiger partial charge on any atom is -0.352 e. The normalized spacial score (nSPS) is 14.0. The molecule has 0 radical (unpaired) electrons. The number of nitrogens with zero attached hydrogens (tertiary/aromatic N) is 5. The molecule has 1 fully saturated rings. The summed E-state index contributed by atoms with van der Waals surface area (Å²) in [5, 5.41) is 11.6. The number of hydrogen-bond acceptors (Lipinski definition) is 6. The van der Waals surface area contributed by atoms with E-state index in [0.717, 1.165) is 24.2 Å². The smallest absolute Gasteiger partial charge is 0.256 e. The Hall–Kier alpha value is -2.16. The van der Waals surface area contributed by atoms with Crippen molar-refractivity contribution in [2.45, 2.75) is 37.9 Å². The summed E-state index contributed by atoms with van der Waals surface area (Å²) in [4.78, 5) is 29.7. The molecular weight excluding hydrogens is 328 g/mol. The molecule has 2 heterocycles. The molecule has 0 spiro atoms. The predicted octanol–water partition coefficient (Wildman–Crippen LogP) is 0.570. The summed E-state index contributed by atoms with van der Waals surface area (Å²) in [5.74, 6) is 0.489. The lowest BCUT2D eigenvalue weighted by atomic mass is 10.3. The van der Waals surface area contributed by atoms with Gasteiger partial charge in [0.05, 0.1) is 12.3 Å². The molecule has 0 aromatic carbocycles. The second-order valence-electron chi connectivity index (χ2n) is 6.04. The Labute approximate surface area is 144 Å². The van der Waals surface area contributed by atoms with Gasteiger partial charge >= 0.3 is 0 Å². The molecule has 3 rings (SSSR count). The first-order valence-corrected chi connectivity index (χ1v) is 8.78. The Morgan fingerprint density at radius 3 is 2.83 bits per heavy atom. The third kappa shape index (κ3) is 3.84. The average Bonchev–Trinajstić information content (AvgIpc) is 3.22. The molecule has 24 heavy (non-hydrogen) atoms. The average molecular weight is 348 g/mol. The first kappa shape index (κ1) is 16.7. The summed E-state index contributed by atoms with van der Waals surface area (Å²) in [6.07, 6.45) is 2.07. The number of thioether (sulfide) groups is 1. The first-order valence-electron chi connectivity index (χ1n) is 7.79. The van der Waals surface area contributed by atoms with Crippen molar-refractivity contribution >= 4 is 29.4 Å². The molecule has 1 aliphatic carbocycles. The van der Waals surface area contributed by atoms with Gasteiger partial charge in [0, 0.05) is 24.5 Å². The Bertz CT molecular complexity index is 786. The molecule has 0 bridgehead atoms. The zero-order valence-corrected chi connectivity index (χ0v) is 14.8. The molecule has 0 unspecified atom stereocenters. The van der Waals surface area contributed by atoms with Crippen LogP contribution in [0.15, 0.2) is 11.2 Å². The van der Waals surface area contributed by atoms with Crippen LogP contribution in [-0.2, 0) is 9.59 Å². The Balaban J connectivity index is 1.58. The Morgan fingerprint density at radius 1 is 1.38 bits per heavy atom. The summed E-state index contributed by atoms with van der Waals surface area (Å²) in [6.45, 7) is 3.93. The van der Waals surface area contributed by atoms with E-state index < -0.39 is 0 Å². The van der Waals surface area contributed by atoms with Gasteiger partial charge in [-0.05, 0) is 32.8 Å². The van der Waals surface area contributed by atoms with Crippen molar-refractivity contribution in [2.75, 3.05) is 19.3 Å². The van der Waals surface area contributed by atoms with Gasteiger partial charge in [-0.25, -0.2) is 4.98 Å². The maximum Gasteiger partial charge on any atom is 0.256 e. The van der Waals surface area contributed by atoms with Crippen LogP contribution in [0.25, 0.3) is 5.78 Å². The molecule has 0 aliphatic heterocycles. The molecule has 1 N–H and O–H groups in total. The van der Waals surface area contributed by atoms with Gasteiger partial charge < -0.3 is 10.2 Å². The number of likely N-dealkylation sites (N-methyl/N-ethyl adjacent to an activating group) is 1. The molecular formula is C15H20N6O2S. The molecule has 128 valence electrons. The number of amides is 2. The van der Waals surface area contributed by atoms with Gasteiger partial charge in [-0.15, -0.1) is 10.2 Å². The molecule has 9 heteroatoms. The van der Waals surface area contributed by atoms with Crippen LogP contribution in [0, 0.1) is 13.8 Å². The second-order valence-corrected chi connectivity index (χ2v) is 6.98. The van der Waals surface area contributed by atoms with Crippen LogP contribution in [-0.4, -0.2) is 61.7 Å². The van der Waals surface area contributed by atoms with Crippen molar-refractivity contribution in [2.24, 2.45) is 0 Å². The summed E-state index contributed by atoms with van der Waals surface area (Å²) in [7, 11) is 1.63. The van der Waals surface area contributed by atoms with Crippen LogP contribution in [0.5, 0.6) is 0 Å². The molecule has 8 nitrogen and oxygen atoms in total. The minimum atomic E-state index is -0.125. The summed E-state index contributed by atoms with van der Waals surface area (Å²) >= 11 is 1.29. The van der Waals surface area contributed by atoms with Gasteiger partial charge in [0.15, 0.2) is 5.16 Å². The van der Waals surface area contributed by atoms with Gasteiger partial charge in [0.2, 0.25) is 11.8 Å². The molecule has 0 atom stereocenters. The van der Waals surface area contributed by atoms with E-state index in [1.807, 2.05) is 24.3 Å². The van der Waals surface area contributed by atoms with Crippen molar-refractivity contribution < 1.29 is 9.59 Å². The van der Waals surface area contributed by atoms with Gasteiger partial charge in [-0.2, -0.15) is 0 Å². The molecule has 2 aromatic heterocycles. The predicted molar refractivity (Wildman–Crippen MR) is 89.8 cm³/mol. The van der Waals surface area contributed by atoms with Crippen LogP contribution in [0.4, 0.5) is 0 Å². The SMILES string of the molecule is Cc1cc(C)n2c(SCC(=O)N(C)CC(=O)NC3CC3)nnc2n1. The zero-order valence-electron chi connectivity index (χ0n) is 13.9. The highest BCUT2D eigenvalue weighted by Gasteiger charge is 2.24. The van der Waals surface area contributed by atoms with Crippen LogP contribution < -0.4 is 5.32 Å². The molecule has 2 amide bonds. The highest BCUT2D eigenvalue weighted by molar-refractivity contribution is 7.99. The first-order chi connectivity index (χ1) is 11.4. The lowest BCUT2D eigenvalue weighted by molar-refractivity contribution is -0.132. The van der Waals surface area contributed by atoms with Crippen LogP contribution in [0.2, 0.25) is 0 Å². The van der Waals surface area contributed by atoms with Crippen molar-refractivity contribution in [3.8, 4) is 0 Å². The summed E-state index contributed by atoms with van der Waals surface area (Å²) in [6, 6.07) is 2.24. The minimum absolute atomic E-state index is 0.0796. The van der Waals surface area contributed by atoms with Gasteiger partial charge in [-0.3, -0.25) is 14.0 Å². The molecule has 2 aromatic rings. The standard InChI is InChI=1S/C15H20N6O2S/c1-9-6-10(2)21-14(16-9)18-19-15(21)24-8-13(23)20(3)7-12(22)17-11-4-5-11/h6,11H,4-5,7-8H2,1-3H3,(H,17,22). The maximum absolute atomic E-state index is 12.2. The van der Waals surface area contributed by atoms with Crippen LogP contribution in [0.1, 0.15) is 24.2 Å². The van der Waals surface area contributed by atoms with E-state index in [9.17, 15) is 9.59 Å². The fourth-order valence-corrected chi connectivity index (χ4v) is 3.26. The topological polar surface area (TPSA) is 92.5 Å². The van der Waals surface area contributed by atoms with E-state index in [1.54, 1.807) is 7.05 Å². The molecule has 0 saturated heterocycles. The molecule has 1 saturated carbocycles. The maximum atomic E-state index is 12.2. The highest BCUT2D eigenvalue weighted by atomic mass is 32.2. The number of carbonyl (C=O) groups is 2. The highest BCUT2D eigenvalue weighted by Crippen LogP contribution is 2.19. The van der Waals surface area contributed by atoms with Crippen molar-refractivity contribution in [3.05, 3.63) is 17.5 Å². The van der Waals surface area contributed by atoms with Crippen molar-refractivity contribution in [1.29, 1.82) is 0 Å². The van der Waals surface area contributed by atoms with E-state index in [-0.39, 0.29) is 24.1 Å². The Morgan fingerprint density at radius 2 is 2.12 bits per heavy atom. The summed E-state index contributed by atoms with van der Waals surface area (Å²) < 4.78 is 1.82. The number of aromatic nitrogens is 4.